The van der Waals surface area contributed by atoms with Crippen molar-refractivity contribution in [2.75, 3.05) is 56.4 Å². The van der Waals surface area contributed by atoms with E-state index < -0.39 is 0 Å². The Hall–Kier alpha value is -3.55. The van der Waals surface area contributed by atoms with Crippen LogP contribution in [0.15, 0.2) is 92.4 Å². The summed E-state index contributed by atoms with van der Waals surface area (Å²) in [7, 11) is 0. The third-order valence-electron chi connectivity index (χ3n) is 8.93. The fraction of sp³-hybridized carbons (Fsp3) is 0.486. The number of ether oxygens (including phenoxy) is 3. The summed E-state index contributed by atoms with van der Waals surface area (Å²) in [5.41, 5.74) is 11.6. The topological polar surface area (TPSA) is 199 Å². The summed E-state index contributed by atoms with van der Waals surface area (Å²) in [4.78, 5) is 24.8. The minimum absolute atomic E-state index is 0.210. The zero-order chi connectivity index (χ0) is 39.3. The molecule has 8 rings (SSSR count). The molecule has 5 aromatic heterocycles. The fourth-order valence-corrected chi connectivity index (χ4v) is 6.86. The number of H-pyrrole nitrogens is 2. The van der Waals surface area contributed by atoms with E-state index in [0.29, 0.717) is 5.92 Å². The van der Waals surface area contributed by atoms with Crippen LogP contribution in [0.25, 0.3) is 5.69 Å². The van der Waals surface area contributed by atoms with Gasteiger partial charge in [0.05, 0.1) is 33.9 Å². The van der Waals surface area contributed by atoms with Gasteiger partial charge in [0.1, 0.15) is 4.60 Å². The van der Waals surface area contributed by atoms with Crippen LogP contribution in [0.1, 0.15) is 38.5 Å². The molecule has 3 aliphatic heterocycles. The molecule has 0 radical (unpaired) electrons. The van der Waals surface area contributed by atoms with Crippen LogP contribution in [-0.2, 0) is 27.3 Å². The molecule has 0 spiro atoms. The third-order valence-corrected chi connectivity index (χ3v) is 10.7. The van der Waals surface area contributed by atoms with E-state index in [-0.39, 0.29) is 22.5 Å². The van der Waals surface area contributed by atoms with E-state index in [1.807, 2.05) is 27.8 Å². The smallest absolute Gasteiger partial charge is 0.278 e. The summed E-state index contributed by atoms with van der Waals surface area (Å²) in [5, 5.41) is 16.1. The highest BCUT2D eigenvalue weighted by molar-refractivity contribution is 9.10. The van der Waals surface area contributed by atoms with Crippen LogP contribution < -0.4 is 22.6 Å². The van der Waals surface area contributed by atoms with E-state index in [0.717, 1.165) is 110 Å². The maximum Gasteiger partial charge on any atom is 0.278 e. The zero-order valence-electron chi connectivity index (χ0n) is 30.8. The van der Waals surface area contributed by atoms with Gasteiger partial charge in [0.15, 0.2) is 0 Å². The SMILES string of the molecule is BrCC1CCOCC1.Brc1ccn(CC2CCOCC2)n1.Brc1cn[nH]c1.Nc1ccc[nH]c1=O.Nc1cccn(-c2cnn(CC3CCOCC3)c2)c1=O. The van der Waals surface area contributed by atoms with E-state index >= 15 is 0 Å². The Morgan fingerprint density at radius 2 is 1.36 bits per heavy atom. The van der Waals surface area contributed by atoms with Crippen molar-refractivity contribution in [1.29, 1.82) is 0 Å². The summed E-state index contributed by atoms with van der Waals surface area (Å²) in [5.74, 6) is 2.21. The molecule has 0 amide bonds. The summed E-state index contributed by atoms with van der Waals surface area (Å²) in [6.45, 7) is 7.29. The quantitative estimate of drug-likeness (QED) is 0.145. The molecule has 5 aromatic rings. The second-order valence-corrected chi connectivity index (χ2v) is 15.5. The van der Waals surface area contributed by atoms with Gasteiger partial charge in [-0.05, 0) is 118 Å². The molecule has 3 fully saturated rings. The van der Waals surface area contributed by atoms with Crippen molar-refractivity contribution in [3.05, 3.63) is 103 Å². The molecular formula is C37H51Br3N10O5. The van der Waals surface area contributed by atoms with Gasteiger partial charge in [0.25, 0.3) is 11.1 Å². The molecule has 3 saturated heterocycles. The normalized spacial score (nSPS) is 16.2. The van der Waals surface area contributed by atoms with E-state index in [2.05, 4.69) is 73.2 Å². The van der Waals surface area contributed by atoms with Gasteiger partial charge < -0.3 is 30.7 Å². The number of aromatic nitrogens is 8. The minimum Gasteiger partial charge on any atom is -0.394 e. The van der Waals surface area contributed by atoms with Crippen molar-refractivity contribution in [2.45, 2.75) is 51.6 Å². The van der Waals surface area contributed by atoms with Crippen LogP contribution >= 0.6 is 47.8 Å². The lowest BCUT2D eigenvalue weighted by molar-refractivity contribution is 0.0600. The number of halogens is 3. The van der Waals surface area contributed by atoms with Gasteiger partial charge >= 0.3 is 0 Å². The van der Waals surface area contributed by atoms with Gasteiger partial charge in [-0.3, -0.25) is 28.6 Å². The number of aromatic amines is 2. The molecule has 0 atom stereocenters. The summed E-state index contributed by atoms with van der Waals surface area (Å²) in [6.07, 6.45) is 19.2. The van der Waals surface area contributed by atoms with Crippen molar-refractivity contribution >= 4 is 59.2 Å². The predicted octanol–water partition coefficient (Wildman–Crippen LogP) is 6.05. The van der Waals surface area contributed by atoms with Crippen LogP contribution in [0.2, 0.25) is 0 Å². The van der Waals surface area contributed by atoms with Gasteiger partial charge in [0.2, 0.25) is 0 Å². The Labute approximate surface area is 345 Å². The molecule has 8 heterocycles. The largest absolute Gasteiger partial charge is 0.394 e. The molecule has 6 N–H and O–H groups in total. The summed E-state index contributed by atoms with van der Waals surface area (Å²) in [6, 6.07) is 8.56. The fourth-order valence-electron chi connectivity index (χ4n) is 5.69. The Balaban J connectivity index is 0.000000165. The van der Waals surface area contributed by atoms with Gasteiger partial charge in [-0.1, -0.05) is 15.9 Å². The van der Waals surface area contributed by atoms with Crippen molar-refractivity contribution in [1.82, 2.24) is 39.3 Å². The summed E-state index contributed by atoms with van der Waals surface area (Å²) < 4.78 is 23.1. The van der Waals surface area contributed by atoms with E-state index in [1.54, 1.807) is 55.2 Å². The Bertz CT molecular complexity index is 1880. The summed E-state index contributed by atoms with van der Waals surface area (Å²) >= 11 is 9.98. The van der Waals surface area contributed by atoms with Crippen LogP contribution in [-0.4, -0.2) is 84.3 Å². The molecule has 55 heavy (non-hydrogen) atoms. The number of nitrogens with zero attached hydrogens (tertiary/aromatic N) is 6. The molecule has 18 heteroatoms. The number of anilines is 2. The second kappa shape index (κ2) is 24.9. The number of hydrogen-bond donors (Lipinski definition) is 4. The molecule has 15 nitrogen and oxygen atoms in total. The van der Waals surface area contributed by atoms with Gasteiger partial charge in [0, 0.05) is 89.0 Å². The molecule has 300 valence electrons. The second-order valence-electron chi connectivity index (χ2n) is 13.1. The van der Waals surface area contributed by atoms with Crippen LogP contribution in [0.4, 0.5) is 11.4 Å². The zero-order valence-corrected chi connectivity index (χ0v) is 35.5. The first-order valence-corrected chi connectivity index (χ1v) is 21.0. The number of nitrogens with one attached hydrogen (secondary N) is 2. The van der Waals surface area contributed by atoms with E-state index in [4.69, 9.17) is 25.7 Å². The first-order valence-electron chi connectivity index (χ1n) is 18.3. The maximum atomic E-state index is 12.0. The monoisotopic (exact) mass is 952 g/mol. The molecular weight excluding hydrogens is 904 g/mol. The van der Waals surface area contributed by atoms with Crippen LogP contribution in [0.3, 0.4) is 0 Å². The highest BCUT2D eigenvalue weighted by Crippen LogP contribution is 2.19. The lowest BCUT2D eigenvalue weighted by atomic mass is 10.0. The van der Waals surface area contributed by atoms with Gasteiger partial charge in [-0.2, -0.15) is 15.3 Å². The first-order chi connectivity index (χ1) is 26.7. The minimum atomic E-state index is -0.229. The van der Waals surface area contributed by atoms with Crippen LogP contribution in [0, 0.1) is 17.8 Å². The first kappa shape index (κ1) is 44.2. The number of rotatable bonds is 6. The Morgan fingerprint density at radius 1 is 0.764 bits per heavy atom. The molecule has 0 saturated carbocycles. The lowest BCUT2D eigenvalue weighted by Crippen LogP contribution is -2.21. The molecule has 0 aliphatic carbocycles. The molecule has 0 aromatic carbocycles. The number of nitrogens with two attached hydrogens (primary N) is 2. The lowest BCUT2D eigenvalue weighted by Gasteiger charge is -2.21. The average Bonchev–Trinajstić information content (AvgIpc) is 3.99. The van der Waals surface area contributed by atoms with Gasteiger partial charge in [-0.15, -0.1) is 0 Å². The van der Waals surface area contributed by atoms with Crippen molar-refractivity contribution in [3.8, 4) is 5.69 Å². The van der Waals surface area contributed by atoms with Crippen molar-refractivity contribution in [2.24, 2.45) is 17.8 Å². The Kier molecular flexibility index (Phi) is 20.0. The number of pyridine rings is 2. The van der Waals surface area contributed by atoms with Crippen molar-refractivity contribution in [3.63, 3.8) is 0 Å². The highest BCUT2D eigenvalue weighted by atomic mass is 79.9. The molecule has 0 bridgehead atoms. The number of hydrogen-bond acceptors (Lipinski definition) is 10. The predicted molar refractivity (Wildman–Crippen MR) is 224 cm³/mol. The van der Waals surface area contributed by atoms with E-state index in [9.17, 15) is 9.59 Å². The standard InChI is InChI=1S/C14H18N4O2.C9H13BrN2O.C6H11BrO.C5H6N2O.C3H3BrN2/c15-13-2-1-5-18(14(13)19)12-8-16-17(10-12)9-11-3-6-20-7-4-11;10-9-1-4-12(11-9)7-8-2-5-13-6-3-8;7-5-6-1-3-8-4-2-6;6-4-2-1-3-7-5(4)8;4-3-1-5-6-2-3/h1-2,5,8,10-11H,3-4,6-7,9,15H2;1,4,8H,2-3,5-7H2;6H,1-5H2;1-3H,6H2,(H,7,8);1-2H,(H,5,6). The maximum absolute atomic E-state index is 12.0. The third kappa shape index (κ3) is 16.6. The van der Waals surface area contributed by atoms with E-state index in [1.165, 1.54) is 17.4 Å². The van der Waals surface area contributed by atoms with Crippen LogP contribution in [0.5, 0.6) is 0 Å². The van der Waals surface area contributed by atoms with Crippen molar-refractivity contribution < 1.29 is 14.2 Å². The molecule has 0 unspecified atom stereocenters. The molecule has 3 aliphatic rings. The Morgan fingerprint density at radius 3 is 1.82 bits per heavy atom. The number of nitrogen functional groups attached to an aromatic ring is 2. The van der Waals surface area contributed by atoms with Gasteiger partial charge in [-0.25, -0.2) is 0 Å². The number of alkyl halides is 1. The average molecular weight is 956 g/mol. The highest BCUT2D eigenvalue weighted by Gasteiger charge is 2.16.